The molecular formula is C27H32Cl2N4O3. The molecule has 1 amide bonds. The minimum Gasteiger partial charge on any atom is -0.439 e. The molecule has 1 aliphatic rings. The van der Waals surface area contributed by atoms with E-state index in [-0.39, 0.29) is 24.2 Å². The number of carbonyl (C=O) groups excluding carboxylic acids is 1. The molecule has 1 saturated carbocycles. The smallest absolute Gasteiger partial charge is 0.272 e. The third-order valence-electron chi connectivity index (χ3n) is 6.31. The summed E-state index contributed by atoms with van der Waals surface area (Å²) in [6.45, 7) is 4.57. The van der Waals surface area contributed by atoms with Crippen molar-refractivity contribution in [2.45, 2.75) is 64.1 Å². The number of rotatable bonds is 9. The van der Waals surface area contributed by atoms with Gasteiger partial charge in [-0.25, -0.2) is 0 Å². The molecule has 0 spiro atoms. The molecule has 1 heterocycles. The predicted molar refractivity (Wildman–Crippen MR) is 142 cm³/mol. The second-order valence-corrected chi connectivity index (χ2v) is 10.4. The molecule has 0 unspecified atom stereocenters. The minimum atomic E-state index is -0.891. The number of halogens is 2. The van der Waals surface area contributed by atoms with E-state index in [9.17, 15) is 9.90 Å². The fourth-order valence-electron chi connectivity index (χ4n) is 4.30. The van der Waals surface area contributed by atoms with E-state index in [0.29, 0.717) is 52.3 Å². The van der Waals surface area contributed by atoms with Gasteiger partial charge in [-0.05, 0) is 49.2 Å². The first-order chi connectivity index (χ1) is 17.3. The number of benzene rings is 2. The van der Waals surface area contributed by atoms with Crippen molar-refractivity contribution in [1.82, 2.24) is 20.4 Å². The summed E-state index contributed by atoms with van der Waals surface area (Å²) in [5.74, 6) is 0.545. The lowest BCUT2D eigenvalue weighted by Crippen LogP contribution is -2.44. The number of aliphatic hydroxyl groups is 1. The molecule has 1 aromatic heterocycles. The Morgan fingerprint density at radius 2 is 1.81 bits per heavy atom. The number of hydrogen-bond acceptors (Lipinski definition) is 5. The number of nitrogens with one attached hydrogen (secondary N) is 2. The first kappa shape index (κ1) is 26.5. The Hall–Kier alpha value is -2.58. The van der Waals surface area contributed by atoms with Crippen molar-refractivity contribution in [3.8, 4) is 17.3 Å². The van der Waals surface area contributed by atoms with Gasteiger partial charge in [0.15, 0.2) is 5.69 Å². The lowest BCUT2D eigenvalue weighted by Gasteiger charge is -2.32. The molecule has 36 heavy (non-hydrogen) atoms. The number of aromatic nitrogens is 2. The highest BCUT2D eigenvalue weighted by Gasteiger charge is 2.32. The number of hydrogen-bond donors (Lipinski definition) is 3. The summed E-state index contributed by atoms with van der Waals surface area (Å²) < 4.78 is 7.85. The molecule has 192 valence electrons. The highest BCUT2D eigenvalue weighted by molar-refractivity contribution is 6.32. The van der Waals surface area contributed by atoms with Gasteiger partial charge in [0.05, 0.1) is 21.9 Å². The van der Waals surface area contributed by atoms with Crippen LogP contribution in [-0.4, -0.2) is 39.0 Å². The molecule has 1 fully saturated rings. The summed E-state index contributed by atoms with van der Waals surface area (Å²) in [6.07, 6.45) is 4.36. The lowest BCUT2D eigenvalue weighted by molar-refractivity contribution is 0.00519. The molecule has 9 heteroatoms. The lowest BCUT2D eigenvalue weighted by atomic mass is 9.85. The van der Waals surface area contributed by atoms with Crippen LogP contribution in [0.2, 0.25) is 10.0 Å². The molecule has 2 aromatic carbocycles. The van der Waals surface area contributed by atoms with Crippen LogP contribution in [0.5, 0.6) is 11.6 Å². The molecule has 7 nitrogen and oxygen atoms in total. The number of para-hydroxylation sites is 1. The molecule has 3 N–H and O–H groups in total. The van der Waals surface area contributed by atoms with Crippen LogP contribution in [0.25, 0.3) is 5.69 Å². The van der Waals surface area contributed by atoms with Gasteiger partial charge >= 0.3 is 0 Å². The van der Waals surface area contributed by atoms with E-state index in [1.807, 2.05) is 32.0 Å². The van der Waals surface area contributed by atoms with Crippen LogP contribution >= 0.6 is 23.2 Å². The molecule has 0 bridgehead atoms. The highest BCUT2D eigenvalue weighted by atomic mass is 35.5. The second kappa shape index (κ2) is 11.6. The number of ether oxygens (including phenoxy) is 1. The Bertz CT molecular complexity index is 1190. The first-order valence-electron chi connectivity index (χ1n) is 12.3. The van der Waals surface area contributed by atoms with E-state index in [1.165, 1.54) is 0 Å². The van der Waals surface area contributed by atoms with Crippen LogP contribution < -0.4 is 15.4 Å². The van der Waals surface area contributed by atoms with E-state index in [2.05, 4.69) is 15.7 Å². The Labute approximate surface area is 221 Å². The predicted octanol–water partition coefficient (Wildman–Crippen LogP) is 5.89. The third-order valence-corrected chi connectivity index (χ3v) is 6.88. The second-order valence-electron chi connectivity index (χ2n) is 9.55. The van der Waals surface area contributed by atoms with Gasteiger partial charge in [0.1, 0.15) is 5.75 Å². The van der Waals surface area contributed by atoms with E-state index < -0.39 is 5.60 Å². The Morgan fingerprint density at radius 1 is 1.11 bits per heavy atom. The SMILES string of the molecule is CC(C)NCc1c(C(=O)NCC2(O)CCCCC2)nn(-c2ccccc2Cl)c1Oc1ccc(Cl)cc1. The molecule has 4 rings (SSSR count). The van der Waals surface area contributed by atoms with Gasteiger partial charge in [-0.1, -0.05) is 68.4 Å². The zero-order chi connectivity index (χ0) is 25.7. The number of carbonyl (C=O) groups is 1. The van der Waals surface area contributed by atoms with Gasteiger partial charge in [0, 0.05) is 24.2 Å². The molecular weight excluding hydrogens is 499 g/mol. The summed E-state index contributed by atoms with van der Waals surface area (Å²) in [5, 5.41) is 22.9. The largest absolute Gasteiger partial charge is 0.439 e. The molecule has 3 aromatic rings. The quantitative estimate of drug-likeness (QED) is 0.320. The van der Waals surface area contributed by atoms with Crippen molar-refractivity contribution in [3.63, 3.8) is 0 Å². The zero-order valence-corrected chi connectivity index (χ0v) is 22.1. The fraction of sp³-hybridized carbons (Fsp3) is 0.407. The van der Waals surface area contributed by atoms with Crippen molar-refractivity contribution in [1.29, 1.82) is 0 Å². The van der Waals surface area contributed by atoms with Gasteiger partial charge in [-0.2, -0.15) is 9.78 Å². The van der Waals surface area contributed by atoms with E-state index in [4.69, 9.17) is 27.9 Å². The molecule has 0 radical (unpaired) electrons. The summed E-state index contributed by atoms with van der Waals surface area (Å²) in [4.78, 5) is 13.4. The van der Waals surface area contributed by atoms with Crippen LogP contribution in [0, 0.1) is 0 Å². The summed E-state index contributed by atoms with van der Waals surface area (Å²) in [7, 11) is 0. The van der Waals surface area contributed by atoms with E-state index in [1.54, 1.807) is 35.0 Å². The average molecular weight is 531 g/mol. The topological polar surface area (TPSA) is 88.4 Å². The van der Waals surface area contributed by atoms with Crippen molar-refractivity contribution in [2.24, 2.45) is 0 Å². The highest BCUT2D eigenvalue weighted by Crippen LogP contribution is 2.34. The Morgan fingerprint density at radius 3 is 2.47 bits per heavy atom. The van der Waals surface area contributed by atoms with Gasteiger partial charge in [0.25, 0.3) is 5.91 Å². The zero-order valence-electron chi connectivity index (χ0n) is 20.6. The Kier molecular flexibility index (Phi) is 8.57. The van der Waals surface area contributed by atoms with Crippen molar-refractivity contribution >= 4 is 29.1 Å². The molecule has 1 aliphatic carbocycles. The fourth-order valence-corrected chi connectivity index (χ4v) is 4.65. The normalized spacial score (nSPS) is 15.2. The third kappa shape index (κ3) is 6.40. The van der Waals surface area contributed by atoms with Gasteiger partial charge in [0.2, 0.25) is 5.88 Å². The number of nitrogens with zero attached hydrogens (tertiary/aromatic N) is 2. The summed E-state index contributed by atoms with van der Waals surface area (Å²) in [6, 6.07) is 14.4. The van der Waals surface area contributed by atoms with Gasteiger partial charge in [-0.3, -0.25) is 4.79 Å². The van der Waals surface area contributed by atoms with Crippen molar-refractivity contribution in [3.05, 3.63) is 69.8 Å². The minimum absolute atomic E-state index is 0.163. The van der Waals surface area contributed by atoms with Crippen LogP contribution in [-0.2, 0) is 6.54 Å². The monoisotopic (exact) mass is 530 g/mol. The average Bonchev–Trinajstić information content (AvgIpc) is 3.21. The van der Waals surface area contributed by atoms with Crippen molar-refractivity contribution in [2.75, 3.05) is 6.54 Å². The molecule has 0 aliphatic heterocycles. The van der Waals surface area contributed by atoms with Gasteiger partial charge < -0.3 is 20.5 Å². The van der Waals surface area contributed by atoms with E-state index >= 15 is 0 Å². The van der Waals surface area contributed by atoms with Gasteiger partial charge in [-0.15, -0.1) is 0 Å². The number of amides is 1. The van der Waals surface area contributed by atoms with Crippen LogP contribution in [0.3, 0.4) is 0 Å². The summed E-state index contributed by atoms with van der Waals surface area (Å²) >= 11 is 12.6. The maximum Gasteiger partial charge on any atom is 0.272 e. The van der Waals surface area contributed by atoms with Crippen LogP contribution in [0.4, 0.5) is 0 Å². The standard InChI is InChI=1S/C27H32Cl2N4O3/c1-18(2)30-16-21-24(25(34)31-17-27(35)14-6-3-7-15-27)32-33(23-9-5-4-8-22(23)29)26(21)36-20-12-10-19(28)11-13-20/h4-5,8-13,18,30,35H,3,6-7,14-17H2,1-2H3,(H,31,34). The van der Waals surface area contributed by atoms with Crippen molar-refractivity contribution < 1.29 is 14.6 Å². The summed E-state index contributed by atoms with van der Waals surface area (Å²) in [5.41, 5.74) is 0.495. The molecule has 0 saturated heterocycles. The van der Waals surface area contributed by atoms with Crippen LogP contribution in [0.1, 0.15) is 62.0 Å². The van der Waals surface area contributed by atoms with E-state index in [0.717, 1.165) is 19.3 Å². The maximum atomic E-state index is 13.4. The maximum absolute atomic E-state index is 13.4. The van der Waals surface area contributed by atoms with Crippen LogP contribution in [0.15, 0.2) is 48.5 Å². The first-order valence-corrected chi connectivity index (χ1v) is 13.1. The molecule has 0 atom stereocenters. The Balaban J connectivity index is 1.75.